The van der Waals surface area contributed by atoms with Crippen LogP contribution < -0.4 is 9.64 Å². The predicted octanol–water partition coefficient (Wildman–Crippen LogP) is 5.63. The molecule has 0 unspecified atom stereocenters. The molecule has 2 heterocycles. The summed E-state index contributed by atoms with van der Waals surface area (Å²) < 4.78 is 12.4. The van der Waals surface area contributed by atoms with Crippen molar-refractivity contribution in [3.8, 4) is 11.4 Å². The highest BCUT2D eigenvalue weighted by atomic mass is 35.5. The van der Waals surface area contributed by atoms with Crippen LogP contribution in [0.25, 0.3) is 11.8 Å². The molecule has 6 nitrogen and oxygen atoms in total. The lowest BCUT2D eigenvalue weighted by Crippen LogP contribution is -2.24. The molecule has 0 N–H and O–H groups in total. The summed E-state index contributed by atoms with van der Waals surface area (Å²) in [5.41, 5.74) is 5.41. The van der Waals surface area contributed by atoms with E-state index in [-0.39, 0.29) is 17.1 Å². The Hall–Kier alpha value is -3.77. The maximum Gasteiger partial charge on any atom is 0.340 e. The molecule has 7 heteroatoms. The average Bonchev–Trinajstić information content (AvgIpc) is 3.25. The zero-order chi connectivity index (χ0) is 24.6. The van der Waals surface area contributed by atoms with Crippen molar-refractivity contribution < 1.29 is 19.1 Å². The third-order valence-electron chi connectivity index (χ3n) is 5.98. The normalized spacial score (nSPS) is 14.8. The number of aryl methyl sites for hydroxylation is 1. The van der Waals surface area contributed by atoms with E-state index in [9.17, 15) is 9.59 Å². The lowest BCUT2D eigenvalue weighted by atomic mass is 10.0. The number of amides is 1. The first kappa shape index (κ1) is 23.4. The second-order valence-electron chi connectivity index (χ2n) is 7.99. The van der Waals surface area contributed by atoms with E-state index >= 15 is 0 Å². The minimum atomic E-state index is -0.558. The molecule has 0 spiro atoms. The number of carbonyl (C=O) groups is 2. The molecule has 174 valence electrons. The topological polar surface area (TPSA) is 60.8 Å². The van der Waals surface area contributed by atoms with Crippen molar-refractivity contribution in [3.05, 3.63) is 93.4 Å². The predicted molar refractivity (Wildman–Crippen MR) is 133 cm³/mol. The van der Waals surface area contributed by atoms with Crippen molar-refractivity contribution in [1.82, 2.24) is 4.57 Å². The van der Waals surface area contributed by atoms with Crippen molar-refractivity contribution in [2.75, 3.05) is 19.1 Å². The first-order chi connectivity index (χ1) is 16.3. The molecule has 4 rings (SSSR count). The van der Waals surface area contributed by atoms with Crippen molar-refractivity contribution in [2.24, 2.45) is 0 Å². The second kappa shape index (κ2) is 9.23. The number of rotatable bonds is 5. The summed E-state index contributed by atoms with van der Waals surface area (Å²) in [5.74, 6) is -0.0808. The molecular formula is C27H25ClN2O4. The molecule has 0 bridgehead atoms. The van der Waals surface area contributed by atoms with Gasteiger partial charge >= 0.3 is 5.97 Å². The van der Waals surface area contributed by atoms with Gasteiger partial charge < -0.3 is 14.0 Å². The standard InChI is InChI=1S/C27H25ClN2O4/c1-16-14-19(17(2)29(16)21-10-12-23(33-4)13-11-21)15-24-25(27(32)34-5)18(3)30(26(24)31)22-8-6-20(28)7-9-22/h6-15H,1-5H3. The van der Waals surface area contributed by atoms with Crippen LogP contribution in [0.2, 0.25) is 5.02 Å². The fourth-order valence-electron chi connectivity index (χ4n) is 4.30. The fourth-order valence-corrected chi connectivity index (χ4v) is 4.42. The summed E-state index contributed by atoms with van der Waals surface area (Å²) in [7, 11) is 2.94. The Bertz CT molecular complexity index is 1330. The SMILES string of the molecule is COC(=O)C1=C(C)N(c2ccc(Cl)cc2)C(=O)C1=Cc1cc(C)n(-c2ccc(OC)cc2)c1C. The molecule has 0 fully saturated rings. The number of anilines is 1. The number of allylic oxidation sites excluding steroid dienone is 1. The van der Waals surface area contributed by atoms with Gasteiger partial charge in [-0.3, -0.25) is 9.69 Å². The van der Waals surface area contributed by atoms with Crippen molar-refractivity contribution in [1.29, 1.82) is 0 Å². The number of benzene rings is 2. The molecule has 0 saturated heterocycles. The van der Waals surface area contributed by atoms with Crippen LogP contribution in [0.1, 0.15) is 23.9 Å². The first-order valence-corrected chi connectivity index (χ1v) is 11.1. The van der Waals surface area contributed by atoms with Crippen molar-refractivity contribution in [2.45, 2.75) is 20.8 Å². The number of ether oxygens (including phenoxy) is 2. The monoisotopic (exact) mass is 476 g/mol. The largest absolute Gasteiger partial charge is 0.497 e. The van der Waals surface area contributed by atoms with E-state index in [0.717, 1.165) is 28.4 Å². The Morgan fingerprint density at radius 2 is 1.56 bits per heavy atom. The highest BCUT2D eigenvalue weighted by Gasteiger charge is 2.38. The number of hydrogen-bond donors (Lipinski definition) is 0. The van der Waals surface area contributed by atoms with E-state index in [0.29, 0.717) is 16.4 Å². The van der Waals surface area contributed by atoms with Crippen LogP contribution in [0.15, 0.2) is 71.4 Å². The number of halogens is 1. The van der Waals surface area contributed by atoms with Crippen LogP contribution in [0, 0.1) is 13.8 Å². The maximum absolute atomic E-state index is 13.5. The van der Waals surface area contributed by atoms with Crippen molar-refractivity contribution in [3.63, 3.8) is 0 Å². The number of methoxy groups -OCH3 is 2. The summed E-state index contributed by atoms with van der Waals surface area (Å²) in [4.78, 5) is 27.7. The third kappa shape index (κ3) is 4.01. The van der Waals surface area contributed by atoms with Crippen LogP contribution in [0.4, 0.5) is 5.69 Å². The zero-order valence-corrected chi connectivity index (χ0v) is 20.4. The van der Waals surface area contributed by atoms with Crippen LogP contribution in [-0.4, -0.2) is 30.7 Å². The smallest absolute Gasteiger partial charge is 0.340 e. The fraction of sp³-hybridized carbons (Fsp3) is 0.185. The molecule has 2 aromatic carbocycles. The Morgan fingerprint density at radius 3 is 2.15 bits per heavy atom. The van der Waals surface area contributed by atoms with E-state index in [2.05, 4.69) is 4.57 Å². The molecule has 0 radical (unpaired) electrons. The van der Waals surface area contributed by atoms with E-state index in [1.165, 1.54) is 12.0 Å². The van der Waals surface area contributed by atoms with Crippen LogP contribution in [0.3, 0.4) is 0 Å². The molecule has 1 aliphatic rings. The van der Waals surface area contributed by atoms with E-state index in [1.807, 2.05) is 44.2 Å². The van der Waals surface area contributed by atoms with Gasteiger partial charge in [0, 0.05) is 33.5 Å². The van der Waals surface area contributed by atoms with Crippen LogP contribution in [-0.2, 0) is 14.3 Å². The highest BCUT2D eigenvalue weighted by Crippen LogP contribution is 2.36. The van der Waals surface area contributed by atoms with Gasteiger partial charge in [0.2, 0.25) is 0 Å². The van der Waals surface area contributed by atoms with Gasteiger partial charge in [-0.2, -0.15) is 0 Å². The lowest BCUT2D eigenvalue weighted by molar-refractivity contribution is -0.136. The molecule has 1 amide bonds. The third-order valence-corrected chi connectivity index (χ3v) is 6.23. The first-order valence-electron chi connectivity index (χ1n) is 10.7. The molecule has 0 atom stereocenters. The molecule has 0 aliphatic carbocycles. The maximum atomic E-state index is 13.5. The van der Waals surface area contributed by atoms with Gasteiger partial charge in [0.05, 0.1) is 25.4 Å². The van der Waals surface area contributed by atoms with E-state index in [4.69, 9.17) is 21.1 Å². The summed E-state index contributed by atoms with van der Waals surface area (Å²) >= 11 is 6.02. The minimum absolute atomic E-state index is 0.247. The van der Waals surface area contributed by atoms with Gasteiger partial charge in [0.15, 0.2) is 0 Å². The van der Waals surface area contributed by atoms with Gasteiger partial charge in [-0.05, 0) is 87.0 Å². The minimum Gasteiger partial charge on any atom is -0.497 e. The van der Waals surface area contributed by atoms with Crippen LogP contribution in [0.5, 0.6) is 5.75 Å². The summed E-state index contributed by atoms with van der Waals surface area (Å²) in [6.07, 6.45) is 1.76. The Balaban J connectivity index is 1.82. The Labute approximate surface area is 203 Å². The van der Waals surface area contributed by atoms with Gasteiger partial charge in [-0.25, -0.2) is 4.79 Å². The number of nitrogens with zero attached hydrogens (tertiary/aromatic N) is 2. The zero-order valence-electron chi connectivity index (χ0n) is 19.7. The molecule has 0 saturated carbocycles. The molecule has 1 aromatic heterocycles. The molecule has 3 aromatic rings. The molecule has 1 aliphatic heterocycles. The summed E-state index contributed by atoms with van der Waals surface area (Å²) in [6, 6.07) is 16.7. The molecule has 34 heavy (non-hydrogen) atoms. The quantitative estimate of drug-likeness (QED) is 0.353. The van der Waals surface area contributed by atoms with Gasteiger partial charge in [-0.15, -0.1) is 0 Å². The second-order valence-corrected chi connectivity index (χ2v) is 8.42. The highest BCUT2D eigenvalue weighted by molar-refractivity contribution is 6.30. The number of esters is 1. The number of aromatic nitrogens is 1. The summed E-state index contributed by atoms with van der Waals surface area (Å²) in [5, 5.41) is 0.562. The number of hydrogen-bond acceptors (Lipinski definition) is 4. The van der Waals surface area contributed by atoms with Gasteiger partial charge in [0.25, 0.3) is 5.91 Å². The lowest BCUT2D eigenvalue weighted by Gasteiger charge is -2.17. The van der Waals surface area contributed by atoms with Gasteiger partial charge in [-0.1, -0.05) is 11.6 Å². The average molecular weight is 477 g/mol. The van der Waals surface area contributed by atoms with Crippen molar-refractivity contribution >= 4 is 35.2 Å². The summed E-state index contributed by atoms with van der Waals surface area (Å²) in [6.45, 7) is 5.71. The van der Waals surface area contributed by atoms with Gasteiger partial charge in [0.1, 0.15) is 5.75 Å². The Kier molecular flexibility index (Phi) is 6.35. The van der Waals surface area contributed by atoms with E-state index in [1.54, 1.807) is 44.4 Å². The van der Waals surface area contributed by atoms with Crippen LogP contribution >= 0.6 is 11.6 Å². The Morgan fingerprint density at radius 1 is 0.941 bits per heavy atom. The van der Waals surface area contributed by atoms with E-state index < -0.39 is 5.97 Å². The number of carbonyl (C=O) groups excluding carboxylic acids is 2. The molecular weight excluding hydrogens is 452 g/mol.